The highest BCUT2D eigenvalue weighted by atomic mass is 35.5. The van der Waals surface area contributed by atoms with Gasteiger partial charge in [-0.05, 0) is 19.3 Å². The molecule has 0 bridgehead atoms. The smallest absolute Gasteiger partial charge is 0.342 e. The quantitative estimate of drug-likeness (QED) is 0.781. The zero-order chi connectivity index (χ0) is 12.4. The van der Waals surface area contributed by atoms with Crippen LogP contribution < -0.4 is 5.32 Å². The summed E-state index contributed by atoms with van der Waals surface area (Å²) in [5, 5.41) is 1.89. The van der Waals surface area contributed by atoms with Crippen molar-refractivity contribution < 1.29 is 22.8 Å². The van der Waals surface area contributed by atoms with Crippen LogP contribution in [0.25, 0.3) is 0 Å². The Balaban J connectivity index is 2.61. The van der Waals surface area contributed by atoms with Crippen LogP contribution in [0.15, 0.2) is 0 Å². The molecule has 0 aliphatic heterocycles. The second kappa shape index (κ2) is 4.61. The van der Waals surface area contributed by atoms with Crippen molar-refractivity contribution in [3.05, 3.63) is 0 Å². The van der Waals surface area contributed by atoms with Gasteiger partial charge in [-0.2, -0.15) is 13.2 Å². The minimum Gasteiger partial charge on any atom is -0.342 e. The molecule has 1 N–H and O–H groups in total. The summed E-state index contributed by atoms with van der Waals surface area (Å²) in [6, 6.07) is 0. The molecule has 92 valence electrons. The average Bonchev–Trinajstić information content (AvgIpc) is 2.12. The number of carbonyl (C=O) groups is 2. The van der Waals surface area contributed by atoms with E-state index in [1.54, 1.807) is 0 Å². The fraction of sp³-hybridized carbons (Fsp3) is 0.778. The summed E-state index contributed by atoms with van der Waals surface area (Å²) in [5.74, 6) is -2.60. The fourth-order valence-corrected chi connectivity index (χ4v) is 1.78. The van der Waals surface area contributed by atoms with Crippen molar-refractivity contribution in [2.75, 3.05) is 5.88 Å². The van der Waals surface area contributed by atoms with E-state index >= 15 is 0 Å². The van der Waals surface area contributed by atoms with Gasteiger partial charge in [0, 0.05) is 12.0 Å². The normalized spacial score (nSPS) is 18.8. The Kier molecular flexibility index (Phi) is 3.83. The molecule has 0 unspecified atom stereocenters. The molecule has 0 aromatic rings. The van der Waals surface area contributed by atoms with Crippen LogP contribution in [0.4, 0.5) is 13.2 Å². The van der Waals surface area contributed by atoms with Crippen molar-refractivity contribution in [3.8, 4) is 0 Å². The van der Waals surface area contributed by atoms with Gasteiger partial charge in [0.15, 0.2) is 0 Å². The van der Waals surface area contributed by atoms with Gasteiger partial charge in [0.2, 0.25) is 0 Å². The number of Topliss-reactive ketones (excluding diaryl/α,β-unsaturated/α-hetero) is 1. The summed E-state index contributed by atoms with van der Waals surface area (Å²) >= 11 is 5.28. The Morgan fingerprint density at radius 3 is 2.19 bits per heavy atom. The van der Waals surface area contributed by atoms with E-state index in [-0.39, 0.29) is 18.1 Å². The molecule has 0 spiro atoms. The standard InChI is InChI=1S/C9H11ClF3NO2/c10-5-6(15)4-8(2-1-3-8)14-7(16)9(11,12)13/h1-5H2,(H,14,16). The molecule has 0 saturated heterocycles. The van der Waals surface area contributed by atoms with E-state index in [0.29, 0.717) is 19.3 Å². The van der Waals surface area contributed by atoms with Crippen molar-refractivity contribution in [2.24, 2.45) is 0 Å². The monoisotopic (exact) mass is 257 g/mol. The van der Waals surface area contributed by atoms with Crippen LogP contribution in [-0.4, -0.2) is 29.3 Å². The van der Waals surface area contributed by atoms with Gasteiger partial charge in [0.05, 0.1) is 5.88 Å². The van der Waals surface area contributed by atoms with E-state index in [4.69, 9.17) is 11.6 Å². The van der Waals surface area contributed by atoms with E-state index in [1.807, 2.05) is 5.32 Å². The van der Waals surface area contributed by atoms with Gasteiger partial charge in [-0.1, -0.05) is 0 Å². The number of hydrogen-bond acceptors (Lipinski definition) is 2. The van der Waals surface area contributed by atoms with Gasteiger partial charge in [0.1, 0.15) is 5.78 Å². The van der Waals surface area contributed by atoms with Gasteiger partial charge >= 0.3 is 12.1 Å². The van der Waals surface area contributed by atoms with Crippen LogP contribution >= 0.6 is 11.6 Å². The molecule has 16 heavy (non-hydrogen) atoms. The van der Waals surface area contributed by atoms with E-state index in [1.165, 1.54) is 0 Å². The lowest BCUT2D eigenvalue weighted by molar-refractivity contribution is -0.177. The van der Waals surface area contributed by atoms with Gasteiger partial charge in [-0.15, -0.1) is 11.6 Å². The minimum absolute atomic E-state index is 0.127. The highest BCUT2D eigenvalue weighted by molar-refractivity contribution is 6.27. The Bertz CT molecular complexity index is 300. The van der Waals surface area contributed by atoms with E-state index in [9.17, 15) is 22.8 Å². The number of amides is 1. The molecule has 0 radical (unpaired) electrons. The number of halogens is 4. The molecule has 3 nitrogen and oxygen atoms in total. The predicted molar refractivity (Wildman–Crippen MR) is 51.1 cm³/mol. The first-order valence-corrected chi connectivity index (χ1v) is 5.29. The van der Waals surface area contributed by atoms with Crippen LogP contribution in [-0.2, 0) is 9.59 Å². The van der Waals surface area contributed by atoms with Gasteiger partial charge < -0.3 is 5.32 Å². The Morgan fingerprint density at radius 2 is 1.88 bits per heavy atom. The Hall–Kier alpha value is -0.780. The molecule has 1 fully saturated rings. The second-order valence-electron chi connectivity index (χ2n) is 3.93. The lowest BCUT2D eigenvalue weighted by Gasteiger charge is -2.42. The predicted octanol–water partition coefficient (Wildman–Crippen LogP) is 1.79. The Morgan fingerprint density at radius 1 is 1.31 bits per heavy atom. The van der Waals surface area contributed by atoms with Crippen molar-refractivity contribution in [2.45, 2.75) is 37.4 Å². The number of ketones is 1. The maximum Gasteiger partial charge on any atom is 0.471 e. The molecule has 7 heteroatoms. The first-order chi connectivity index (χ1) is 7.29. The average molecular weight is 258 g/mol. The highest BCUT2D eigenvalue weighted by Gasteiger charge is 2.47. The van der Waals surface area contributed by atoms with E-state index in [0.717, 1.165) is 0 Å². The fourth-order valence-electron chi connectivity index (χ4n) is 1.69. The molecule has 0 aromatic heterocycles. The number of alkyl halides is 4. The number of carbonyl (C=O) groups excluding carboxylic acids is 2. The van der Waals surface area contributed by atoms with Crippen LogP contribution in [0.3, 0.4) is 0 Å². The molecule has 0 heterocycles. The molecule has 0 aromatic carbocycles. The Labute approximate surface area is 95.3 Å². The maximum absolute atomic E-state index is 12.0. The number of hydrogen-bond donors (Lipinski definition) is 1. The van der Waals surface area contributed by atoms with Crippen molar-refractivity contribution >= 4 is 23.3 Å². The summed E-state index contributed by atoms with van der Waals surface area (Å²) in [6.07, 6.45) is -3.56. The lowest BCUT2D eigenvalue weighted by Crippen LogP contribution is -2.57. The zero-order valence-electron chi connectivity index (χ0n) is 8.36. The molecule has 1 rings (SSSR count). The molecular formula is C9H11ClF3NO2. The van der Waals surface area contributed by atoms with Crippen molar-refractivity contribution in [1.82, 2.24) is 5.32 Å². The summed E-state index contributed by atoms with van der Waals surface area (Å²) in [6.45, 7) is 0. The van der Waals surface area contributed by atoms with Gasteiger partial charge in [-0.3, -0.25) is 9.59 Å². The third kappa shape index (κ3) is 3.10. The minimum atomic E-state index is -4.91. The van der Waals surface area contributed by atoms with Crippen LogP contribution in [0, 0.1) is 0 Å². The summed E-state index contributed by atoms with van der Waals surface area (Å²) < 4.78 is 36.1. The summed E-state index contributed by atoms with van der Waals surface area (Å²) in [5.41, 5.74) is -1.03. The van der Waals surface area contributed by atoms with Crippen LogP contribution in [0.2, 0.25) is 0 Å². The van der Waals surface area contributed by atoms with Crippen molar-refractivity contribution in [1.29, 1.82) is 0 Å². The SMILES string of the molecule is O=C(CCl)CC1(NC(=O)C(F)(F)F)CCC1. The van der Waals surface area contributed by atoms with Crippen LogP contribution in [0.1, 0.15) is 25.7 Å². The first kappa shape index (κ1) is 13.3. The van der Waals surface area contributed by atoms with Gasteiger partial charge in [0.25, 0.3) is 0 Å². The summed E-state index contributed by atoms with van der Waals surface area (Å²) in [7, 11) is 0. The largest absolute Gasteiger partial charge is 0.471 e. The number of nitrogens with one attached hydrogen (secondary N) is 1. The lowest BCUT2D eigenvalue weighted by atomic mass is 9.73. The molecule has 1 saturated carbocycles. The molecule has 0 atom stereocenters. The maximum atomic E-state index is 12.0. The molecule has 1 amide bonds. The molecular weight excluding hydrogens is 247 g/mol. The van der Waals surface area contributed by atoms with Crippen LogP contribution in [0.5, 0.6) is 0 Å². The zero-order valence-corrected chi connectivity index (χ0v) is 9.12. The van der Waals surface area contributed by atoms with E-state index < -0.39 is 17.6 Å². The van der Waals surface area contributed by atoms with Crippen molar-refractivity contribution in [3.63, 3.8) is 0 Å². The highest BCUT2D eigenvalue weighted by Crippen LogP contribution is 2.36. The third-order valence-electron chi connectivity index (χ3n) is 2.63. The first-order valence-electron chi connectivity index (χ1n) is 4.76. The number of rotatable bonds is 4. The van der Waals surface area contributed by atoms with E-state index in [2.05, 4.69) is 0 Å². The molecule has 1 aliphatic rings. The second-order valence-corrected chi connectivity index (χ2v) is 4.20. The van der Waals surface area contributed by atoms with Gasteiger partial charge in [-0.25, -0.2) is 0 Å². The summed E-state index contributed by atoms with van der Waals surface area (Å²) in [4.78, 5) is 21.8. The third-order valence-corrected chi connectivity index (χ3v) is 2.93. The topological polar surface area (TPSA) is 46.2 Å². The molecule has 1 aliphatic carbocycles.